The third kappa shape index (κ3) is 2.25. The Morgan fingerprint density at radius 2 is 1.55 bits per heavy atom. The van der Waals surface area contributed by atoms with Crippen LogP contribution in [0.1, 0.15) is 16.7 Å². The molecule has 0 spiro atoms. The van der Waals surface area contributed by atoms with Crippen molar-refractivity contribution in [3.8, 4) is 11.5 Å². The fraction of sp³-hybridized carbons (Fsp3) is 0.200. The van der Waals surface area contributed by atoms with Crippen LogP contribution in [0, 0.1) is 20.8 Å². The van der Waals surface area contributed by atoms with Crippen LogP contribution in [0.5, 0.6) is 11.5 Å². The van der Waals surface area contributed by atoms with E-state index in [1.807, 2.05) is 0 Å². The zero-order chi connectivity index (χ0) is 15.1. The summed E-state index contributed by atoms with van der Waals surface area (Å²) in [6.07, 6.45) is 0. The topological polar surface area (TPSA) is 74.6 Å². The summed E-state index contributed by atoms with van der Waals surface area (Å²) in [6.45, 7) is 5.06. The highest BCUT2D eigenvalue weighted by Gasteiger charge is 2.26. The Morgan fingerprint density at radius 1 is 0.900 bits per heavy atom. The van der Waals surface area contributed by atoms with Gasteiger partial charge in [0.05, 0.1) is 4.90 Å². The van der Waals surface area contributed by atoms with Gasteiger partial charge in [0.1, 0.15) is 16.4 Å². The maximum absolute atomic E-state index is 12.7. The summed E-state index contributed by atoms with van der Waals surface area (Å²) in [5.41, 5.74) is 1.75. The maximum Gasteiger partial charge on any atom is 0.210 e. The number of benzene rings is 2. The molecule has 2 aromatic rings. The minimum atomic E-state index is -3.83. The highest BCUT2D eigenvalue weighted by molar-refractivity contribution is 7.91. The van der Waals surface area contributed by atoms with Crippen molar-refractivity contribution in [3.05, 3.63) is 47.0 Å². The van der Waals surface area contributed by atoms with Crippen LogP contribution in [0.15, 0.2) is 40.1 Å². The van der Waals surface area contributed by atoms with Crippen LogP contribution in [0.3, 0.4) is 0 Å². The molecule has 20 heavy (non-hydrogen) atoms. The van der Waals surface area contributed by atoms with E-state index in [1.54, 1.807) is 26.8 Å². The third-order valence-corrected chi connectivity index (χ3v) is 5.46. The molecule has 0 heterocycles. The highest BCUT2D eigenvalue weighted by Crippen LogP contribution is 2.35. The molecule has 0 amide bonds. The molecule has 0 unspecified atom stereocenters. The number of phenolic OH excluding ortho intramolecular Hbond substituents is 2. The third-order valence-electron chi connectivity index (χ3n) is 3.37. The van der Waals surface area contributed by atoms with Gasteiger partial charge < -0.3 is 10.2 Å². The van der Waals surface area contributed by atoms with E-state index < -0.39 is 9.84 Å². The van der Waals surface area contributed by atoms with Crippen LogP contribution >= 0.6 is 0 Å². The highest BCUT2D eigenvalue weighted by atomic mass is 32.2. The van der Waals surface area contributed by atoms with E-state index in [0.29, 0.717) is 11.1 Å². The van der Waals surface area contributed by atoms with E-state index in [2.05, 4.69) is 0 Å². The van der Waals surface area contributed by atoms with E-state index in [9.17, 15) is 18.6 Å². The predicted molar refractivity (Wildman–Crippen MR) is 75.9 cm³/mol. The fourth-order valence-electron chi connectivity index (χ4n) is 2.16. The molecule has 0 atom stereocenters. The summed E-state index contributed by atoms with van der Waals surface area (Å²) in [4.78, 5) is 0.00518. The van der Waals surface area contributed by atoms with E-state index in [0.717, 1.165) is 5.56 Å². The van der Waals surface area contributed by atoms with Gasteiger partial charge in [0.15, 0.2) is 0 Å². The molecular formula is C15H16O4S. The number of rotatable bonds is 2. The maximum atomic E-state index is 12.7. The second kappa shape index (κ2) is 4.83. The first kappa shape index (κ1) is 14.4. The number of sulfone groups is 1. The number of aryl methyl sites for hydroxylation is 2. The Bertz CT molecular complexity index is 777. The van der Waals surface area contributed by atoms with E-state index in [-0.39, 0.29) is 21.3 Å². The Kier molecular flexibility index (Phi) is 3.48. The van der Waals surface area contributed by atoms with Gasteiger partial charge in [-0.2, -0.15) is 0 Å². The van der Waals surface area contributed by atoms with Crippen molar-refractivity contribution in [3.63, 3.8) is 0 Å². The SMILES string of the molecule is Cc1cc(O)ccc1S(=O)(=O)c1c(O)ccc(C)c1C. The molecule has 0 aliphatic rings. The van der Waals surface area contributed by atoms with Crippen LogP contribution < -0.4 is 0 Å². The lowest BCUT2D eigenvalue weighted by atomic mass is 10.1. The van der Waals surface area contributed by atoms with Gasteiger partial charge >= 0.3 is 0 Å². The lowest BCUT2D eigenvalue weighted by Gasteiger charge is -2.13. The molecule has 106 valence electrons. The predicted octanol–water partition coefficient (Wildman–Crippen LogP) is 2.86. The van der Waals surface area contributed by atoms with Crippen LogP contribution in [0.4, 0.5) is 0 Å². The van der Waals surface area contributed by atoms with Gasteiger partial charge in [-0.25, -0.2) is 8.42 Å². The van der Waals surface area contributed by atoms with Crippen molar-refractivity contribution >= 4 is 9.84 Å². The molecule has 2 N–H and O–H groups in total. The lowest BCUT2D eigenvalue weighted by molar-refractivity contribution is 0.457. The Hall–Kier alpha value is -2.01. The summed E-state index contributed by atoms with van der Waals surface area (Å²) in [6, 6.07) is 7.11. The molecule has 0 saturated carbocycles. The Balaban J connectivity index is 2.77. The van der Waals surface area contributed by atoms with Crippen molar-refractivity contribution in [2.24, 2.45) is 0 Å². The quantitative estimate of drug-likeness (QED) is 0.892. The molecule has 0 fully saturated rings. The van der Waals surface area contributed by atoms with Gasteiger partial charge in [-0.3, -0.25) is 0 Å². The summed E-state index contributed by atoms with van der Waals surface area (Å²) in [5.74, 6) is -0.257. The average Bonchev–Trinajstić information content (AvgIpc) is 2.33. The zero-order valence-electron chi connectivity index (χ0n) is 11.5. The minimum absolute atomic E-state index is 0.00614. The first-order chi connectivity index (χ1) is 9.25. The van der Waals surface area contributed by atoms with Crippen molar-refractivity contribution in [1.82, 2.24) is 0 Å². The summed E-state index contributed by atoms with van der Waals surface area (Å²) < 4.78 is 25.4. The first-order valence-corrected chi connectivity index (χ1v) is 7.57. The molecule has 0 radical (unpaired) electrons. The largest absolute Gasteiger partial charge is 0.508 e. The molecular weight excluding hydrogens is 276 g/mol. The van der Waals surface area contributed by atoms with Crippen molar-refractivity contribution in [2.45, 2.75) is 30.6 Å². The second-order valence-corrected chi connectivity index (χ2v) is 6.66. The van der Waals surface area contributed by atoms with E-state index in [1.165, 1.54) is 24.3 Å². The van der Waals surface area contributed by atoms with Crippen LogP contribution in [-0.4, -0.2) is 18.6 Å². The molecule has 2 rings (SSSR count). The van der Waals surface area contributed by atoms with Gasteiger partial charge in [0.2, 0.25) is 9.84 Å². The summed E-state index contributed by atoms with van der Waals surface area (Å²) >= 11 is 0. The molecule has 4 nitrogen and oxygen atoms in total. The molecule has 0 aromatic heterocycles. The lowest BCUT2D eigenvalue weighted by Crippen LogP contribution is -2.07. The molecule has 0 saturated heterocycles. The number of phenols is 2. The second-order valence-electron chi connectivity index (χ2n) is 4.81. The summed E-state index contributed by atoms with van der Waals surface area (Å²) in [7, 11) is -3.83. The van der Waals surface area contributed by atoms with Gasteiger partial charge in [-0.05, 0) is 61.7 Å². The average molecular weight is 292 g/mol. The smallest absolute Gasteiger partial charge is 0.210 e. The first-order valence-electron chi connectivity index (χ1n) is 6.09. The Morgan fingerprint density at radius 3 is 2.15 bits per heavy atom. The molecule has 2 aromatic carbocycles. The van der Waals surface area contributed by atoms with Gasteiger partial charge in [-0.15, -0.1) is 0 Å². The zero-order valence-corrected chi connectivity index (χ0v) is 12.3. The summed E-state index contributed by atoms with van der Waals surface area (Å²) in [5, 5.41) is 19.3. The van der Waals surface area contributed by atoms with Crippen LogP contribution in [-0.2, 0) is 9.84 Å². The van der Waals surface area contributed by atoms with Crippen molar-refractivity contribution in [2.75, 3.05) is 0 Å². The van der Waals surface area contributed by atoms with Crippen LogP contribution in [0.2, 0.25) is 0 Å². The molecule has 5 heteroatoms. The standard InChI is InChI=1S/C15H16O4S/c1-9-4-6-13(17)15(11(9)3)20(18,19)14-7-5-12(16)8-10(14)2/h4-8,16-17H,1-3H3. The van der Waals surface area contributed by atoms with Gasteiger partial charge in [0.25, 0.3) is 0 Å². The number of hydrogen-bond acceptors (Lipinski definition) is 4. The van der Waals surface area contributed by atoms with Gasteiger partial charge in [-0.1, -0.05) is 6.07 Å². The minimum Gasteiger partial charge on any atom is -0.508 e. The number of aromatic hydroxyl groups is 2. The Labute approximate surface area is 118 Å². The molecule has 0 bridgehead atoms. The molecule has 0 aliphatic carbocycles. The molecule has 0 aliphatic heterocycles. The normalized spacial score (nSPS) is 11.6. The number of hydrogen-bond donors (Lipinski definition) is 2. The van der Waals surface area contributed by atoms with Crippen molar-refractivity contribution in [1.29, 1.82) is 0 Å². The van der Waals surface area contributed by atoms with E-state index >= 15 is 0 Å². The van der Waals surface area contributed by atoms with E-state index in [4.69, 9.17) is 0 Å². The van der Waals surface area contributed by atoms with Crippen molar-refractivity contribution < 1.29 is 18.6 Å². The van der Waals surface area contributed by atoms with Gasteiger partial charge in [0, 0.05) is 0 Å². The fourth-order valence-corrected chi connectivity index (χ4v) is 4.02. The monoisotopic (exact) mass is 292 g/mol. The van der Waals surface area contributed by atoms with Crippen LogP contribution in [0.25, 0.3) is 0 Å².